The summed E-state index contributed by atoms with van der Waals surface area (Å²) in [6, 6.07) is 2.31. The highest BCUT2D eigenvalue weighted by Gasteiger charge is 2.49. The van der Waals surface area contributed by atoms with Crippen molar-refractivity contribution in [2.24, 2.45) is 0 Å². The summed E-state index contributed by atoms with van der Waals surface area (Å²) in [5.74, 6) is 0. The van der Waals surface area contributed by atoms with Crippen LogP contribution < -0.4 is 4.74 Å². The molecule has 0 bridgehead atoms. The number of pyridine rings is 1. The molecule has 0 aromatic carbocycles. The summed E-state index contributed by atoms with van der Waals surface area (Å²) in [5, 5.41) is 0.593. The molecule has 7 nitrogen and oxygen atoms in total. The Labute approximate surface area is 150 Å². The van der Waals surface area contributed by atoms with Gasteiger partial charge in [-0.05, 0) is 13.0 Å². The predicted octanol–water partition coefficient (Wildman–Crippen LogP) is 2.14. The fourth-order valence-electron chi connectivity index (χ4n) is 3.36. The van der Waals surface area contributed by atoms with Crippen molar-refractivity contribution in [3.05, 3.63) is 29.4 Å². The first-order chi connectivity index (χ1) is 12.1. The lowest BCUT2D eigenvalue weighted by Gasteiger charge is -2.17. The Balaban J connectivity index is 1.65. The molecule has 25 heavy (non-hydrogen) atoms. The molecule has 2 aromatic rings. The normalized spacial score (nSPS) is 28.4. The van der Waals surface area contributed by atoms with E-state index in [1.165, 1.54) is 0 Å². The third kappa shape index (κ3) is 2.81. The average Bonchev–Trinajstić information content (AvgIpc) is 3.25. The molecule has 0 N–H and O–H groups in total. The fraction of sp³-hybridized carbons (Fsp3) is 0.529. The second-order valence-electron chi connectivity index (χ2n) is 6.22. The molecule has 2 fully saturated rings. The molecular weight excluding hydrogens is 346 g/mol. The molecule has 0 spiro atoms. The number of nitrogens with zero attached hydrogens (tertiary/aromatic N) is 3. The molecule has 4 rings (SSSR count). The smallest absolute Gasteiger partial charge is 0.299 e. The van der Waals surface area contributed by atoms with Crippen LogP contribution in [0, 0.1) is 6.92 Å². The Morgan fingerprint density at radius 1 is 1.32 bits per heavy atom. The van der Waals surface area contributed by atoms with Gasteiger partial charge in [0, 0.05) is 13.7 Å². The van der Waals surface area contributed by atoms with Crippen molar-refractivity contribution in [2.75, 3.05) is 20.3 Å². The molecule has 2 saturated heterocycles. The maximum Gasteiger partial charge on any atom is 0.299 e. The van der Waals surface area contributed by atoms with Gasteiger partial charge in [0.2, 0.25) is 0 Å². The zero-order valence-corrected chi connectivity index (χ0v) is 14.9. The molecule has 4 heterocycles. The molecule has 8 heteroatoms. The Hall–Kier alpha value is -1.67. The van der Waals surface area contributed by atoms with Crippen LogP contribution in [0.2, 0.25) is 5.02 Å². The second-order valence-corrected chi connectivity index (χ2v) is 6.63. The molecule has 0 amide bonds. The topological polar surface area (TPSA) is 67.6 Å². The van der Waals surface area contributed by atoms with E-state index in [1.807, 2.05) is 17.6 Å². The summed E-state index contributed by atoms with van der Waals surface area (Å²) in [7, 11) is 1.66. The lowest BCUT2D eigenvalue weighted by molar-refractivity contribution is -0.0148. The number of allylic oxidation sites excluding steroid dienone is 1. The first-order valence-electron chi connectivity index (χ1n) is 8.19. The molecule has 4 atom stereocenters. The van der Waals surface area contributed by atoms with E-state index in [9.17, 15) is 0 Å². The lowest BCUT2D eigenvalue weighted by Crippen LogP contribution is -2.35. The second kappa shape index (κ2) is 6.57. The summed E-state index contributed by atoms with van der Waals surface area (Å²) >= 11 is 6.22. The number of ether oxygens (including phenoxy) is 4. The van der Waals surface area contributed by atoms with Gasteiger partial charge in [-0.3, -0.25) is 4.57 Å². The zero-order valence-electron chi connectivity index (χ0n) is 14.1. The van der Waals surface area contributed by atoms with Crippen LogP contribution in [0.3, 0.4) is 0 Å². The van der Waals surface area contributed by atoms with Gasteiger partial charge >= 0.3 is 0 Å². The minimum atomic E-state index is -0.248. The number of hydrogen-bond acceptors (Lipinski definition) is 6. The van der Waals surface area contributed by atoms with Crippen molar-refractivity contribution in [1.82, 2.24) is 14.5 Å². The third-order valence-corrected chi connectivity index (χ3v) is 5.05. The van der Waals surface area contributed by atoms with Crippen LogP contribution in [-0.2, 0) is 20.8 Å². The van der Waals surface area contributed by atoms with Crippen molar-refractivity contribution in [2.45, 2.75) is 37.9 Å². The summed E-state index contributed by atoms with van der Waals surface area (Å²) in [6.07, 6.45) is 1.20. The standard InChI is InChI=1S/C17H20ClN3O4/c1-4-5-21-11-6-10(18)9(2)19-16(11)20-17(21)25-13-8-24-14-12(22-3)7-23-15(13)14/h4,6,12-15H,1,5,7-8H2,2-3H3/t12-,13-,14-,15?/m1/s1. The molecule has 134 valence electrons. The van der Waals surface area contributed by atoms with E-state index in [0.717, 1.165) is 11.2 Å². The number of fused-ring (bicyclic) bond motifs is 2. The van der Waals surface area contributed by atoms with E-state index in [2.05, 4.69) is 16.5 Å². The third-order valence-electron chi connectivity index (χ3n) is 4.67. The van der Waals surface area contributed by atoms with Gasteiger partial charge in [0.1, 0.15) is 18.3 Å². The van der Waals surface area contributed by atoms with Crippen LogP contribution in [0.1, 0.15) is 5.69 Å². The van der Waals surface area contributed by atoms with Gasteiger partial charge in [0.05, 0.1) is 29.4 Å². The number of hydrogen-bond donors (Lipinski definition) is 0. The lowest BCUT2D eigenvalue weighted by atomic mass is 10.1. The first-order valence-corrected chi connectivity index (χ1v) is 8.57. The molecule has 0 aliphatic carbocycles. The van der Waals surface area contributed by atoms with Gasteiger partial charge < -0.3 is 18.9 Å². The van der Waals surface area contributed by atoms with Crippen molar-refractivity contribution >= 4 is 22.8 Å². The minimum absolute atomic E-state index is 0.0614. The molecule has 0 radical (unpaired) electrons. The van der Waals surface area contributed by atoms with Crippen LogP contribution in [0.25, 0.3) is 11.2 Å². The molecule has 2 aliphatic heterocycles. The van der Waals surface area contributed by atoms with Crippen LogP contribution in [0.4, 0.5) is 0 Å². The number of aromatic nitrogens is 3. The van der Waals surface area contributed by atoms with Crippen molar-refractivity contribution in [3.63, 3.8) is 0 Å². The summed E-state index contributed by atoms with van der Waals surface area (Å²) in [4.78, 5) is 8.98. The molecule has 2 aromatic heterocycles. The van der Waals surface area contributed by atoms with Gasteiger partial charge in [0.25, 0.3) is 6.01 Å². The van der Waals surface area contributed by atoms with E-state index in [-0.39, 0.29) is 24.4 Å². The average molecular weight is 366 g/mol. The van der Waals surface area contributed by atoms with Gasteiger partial charge in [-0.15, -0.1) is 6.58 Å². The van der Waals surface area contributed by atoms with Crippen molar-refractivity contribution in [1.29, 1.82) is 0 Å². The van der Waals surface area contributed by atoms with Gasteiger partial charge in [-0.25, -0.2) is 4.98 Å². The predicted molar refractivity (Wildman–Crippen MR) is 92.2 cm³/mol. The van der Waals surface area contributed by atoms with E-state index >= 15 is 0 Å². The van der Waals surface area contributed by atoms with Crippen LogP contribution in [0.5, 0.6) is 6.01 Å². The Kier molecular flexibility index (Phi) is 4.41. The highest BCUT2D eigenvalue weighted by atomic mass is 35.5. The Morgan fingerprint density at radius 3 is 2.76 bits per heavy atom. The zero-order chi connectivity index (χ0) is 17.6. The Bertz CT molecular complexity index is 809. The van der Waals surface area contributed by atoms with Crippen molar-refractivity contribution < 1.29 is 18.9 Å². The van der Waals surface area contributed by atoms with E-state index < -0.39 is 0 Å². The summed E-state index contributed by atoms with van der Waals surface area (Å²) in [5.41, 5.74) is 2.13. The number of halogens is 1. The molecule has 2 aliphatic rings. The fourth-order valence-corrected chi connectivity index (χ4v) is 3.50. The van der Waals surface area contributed by atoms with Crippen LogP contribution in [0.15, 0.2) is 18.7 Å². The number of imidazole rings is 1. The molecule has 0 saturated carbocycles. The van der Waals surface area contributed by atoms with E-state index in [0.29, 0.717) is 36.4 Å². The van der Waals surface area contributed by atoms with Gasteiger partial charge in [0.15, 0.2) is 11.8 Å². The van der Waals surface area contributed by atoms with Gasteiger partial charge in [-0.2, -0.15) is 4.98 Å². The summed E-state index contributed by atoms with van der Waals surface area (Å²) in [6.45, 7) is 7.13. The monoisotopic (exact) mass is 365 g/mol. The highest BCUT2D eigenvalue weighted by Crippen LogP contribution is 2.32. The maximum absolute atomic E-state index is 6.22. The van der Waals surface area contributed by atoms with E-state index in [4.69, 9.17) is 30.5 Å². The quantitative estimate of drug-likeness (QED) is 0.756. The number of rotatable bonds is 5. The minimum Gasteiger partial charge on any atom is -0.456 e. The maximum atomic E-state index is 6.22. The Morgan fingerprint density at radius 2 is 2.04 bits per heavy atom. The first kappa shape index (κ1) is 16.8. The van der Waals surface area contributed by atoms with Crippen LogP contribution >= 0.6 is 11.6 Å². The SMILES string of the molecule is C=CCn1c(O[C@@H]2CO[C@H]3C2OC[C@H]3OC)nc2nc(C)c(Cl)cc21. The highest BCUT2D eigenvalue weighted by molar-refractivity contribution is 6.31. The number of methoxy groups -OCH3 is 1. The van der Waals surface area contributed by atoms with Crippen LogP contribution in [-0.4, -0.2) is 59.3 Å². The number of aryl methyl sites for hydroxylation is 1. The van der Waals surface area contributed by atoms with Crippen molar-refractivity contribution in [3.8, 4) is 6.01 Å². The largest absolute Gasteiger partial charge is 0.456 e. The molecule has 1 unspecified atom stereocenters. The summed E-state index contributed by atoms with van der Waals surface area (Å²) < 4.78 is 25.1. The van der Waals surface area contributed by atoms with Gasteiger partial charge in [-0.1, -0.05) is 17.7 Å². The molecular formula is C17H20ClN3O4. The van der Waals surface area contributed by atoms with E-state index in [1.54, 1.807) is 13.2 Å².